The Bertz CT molecular complexity index is 320. The van der Waals surface area contributed by atoms with Crippen molar-refractivity contribution in [3.63, 3.8) is 0 Å². The predicted molar refractivity (Wildman–Crippen MR) is 73.9 cm³/mol. The van der Waals surface area contributed by atoms with E-state index in [4.69, 9.17) is 5.11 Å². The van der Waals surface area contributed by atoms with Gasteiger partial charge in [0.05, 0.1) is 6.04 Å². The summed E-state index contributed by atoms with van der Waals surface area (Å²) in [5, 5.41) is 11.7. The third kappa shape index (κ3) is 4.82. The minimum atomic E-state index is -0.735. The van der Waals surface area contributed by atoms with Gasteiger partial charge in [-0.15, -0.1) is 0 Å². The molecule has 1 aliphatic heterocycles. The van der Waals surface area contributed by atoms with E-state index in [-0.39, 0.29) is 24.3 Å². The molecule has 0 aliphatic carbocycles. The van der Waals surface area contributed by atoms with Gasteiger partial charge in [0.2, 0.25) is 5.91 Å². The van der Waals surface area contributed by atoms with Gasteiger partial charge in [-0.3, -0.25) is 14.5 Å². The maximum Gasteiger partial charge on any atom is 0.303 e. The van der Waals surface area contributed by atoms with E-state index in [1.807, 2.05) is 20.8 Å². The van der Waals surface area contributed by atoms with Crippen LogP contribution >= 0.6 is 0 Å². The molecule has 19 heavy (non-hydrogen) atoms. The lowest BCUT2D eigenvalue weighted by Crippen LogP contribution is -2.49. The molecule has 3 atom stereocenters. The molecular formula is C14H26N2O3. The number of carbonyl (C=O) groups is 2. The Labute approximate surface area is 115 Å². The van der Waals surface area contributed by atoms with Gasteiger partial charge in [0.15, 0.2) is 0 Å². The van der Waals surface area contributed by atoms with Crippen molar-refractivity contribution in [1.82, 2.24) is 10.2 Å². The van der Waals surface area contributed by atoms with E-state index in [9.17, 15) is 9.59 Å². The van der Waals surface area contributed by atoms with Gasteiger partial charge in [0.25, 0.3) is 0 Å². The average molecular weight is 270 g/mol. The summed E-state index contributed by atoms with van der Waals surface area (Å²) in [6.45, 7) is 8.24. The average Bonchev–Trinajstić information content (AvgIpc) is 2.37. The molecule has 0 aromatic rings. The van der Waals surface area contributed by atoms with Crippen LogP contribution < -0.4 is 5.32 Å². The maximum atomic E-state index is 11.8. The van der Waals surface area contributed by atoms with Crippen LogP contribution in [0.3, 0.4) is 0 Å². The molecular weight excluding hydrogens is 244 g/mol. The summed E-state index contributed by atoms with van der Waals surface area (Å²) in [5.41, 5.74) is 0. The molecule has 1 amide bonds. The molecule has 0 spiro atoms. The molecule has 5 nitrogen and oxygen atoms in total. The molecule has 1 fully saturated rings. The van der Waals surface area contributed by atoms with Gasteiger partial charge in [-0.05, 0) is 45.1 Å². The highest BCUT2D eigenvalue weighted by Gasteiger charge is 2.30. The minimum absolute atomic E-state index is 0.0639. The smallest absolute Gasteiger partial charge is 0.303 e. The Kier molecular flexibility index (Phi) is 6.28. The third-order valence-corrected chi connectivity index (χ3v) is 4.07. The second-order valence-electron chi connectivity index (χ2n) is 5.54. The first-order valence-electron chi connectivity index (χ1n) is 7.19. The fraction of sp³-hybridized carbons (Fsp3) is 0.857. The number of carboxylic acids is 1. The number of hydrogen-bond acceptors (Lipinski definition) is 3. The Balaban J connectivity index is 2.53. The zero-order valence-corrected chi connectivity index (χ0v) is 12.2. The van der Waals surface area contributed by atoms with Crippen molar-refractivity contribution in [2.45, 2.75) is 46.1 Å². The molecule has 1 aliphatic rings. The van der Waals surface area contributed by atoms with Crippen LogP contribution in [-0.4, -0.2) is 47.6 Å². The molecule has 110 valence electrons. The number of carbonyl (C=O) groups excluding carboxylic acids is 1. The molecule has 0 saturated carbocycles. The molecule has 0 radical (unpaired) electrons. The van der Waals surface area contributed by atoms with Gasteiger partial charge in [-0.2, -0.15) is 0 Å². The van der Waals surface area contributed by atoms with Crippen LogP contribution in [0.5, 0.6) is 0 Å². The van der Waals surface area contributed by atoms with Crippen LogP contribution in [0.4, 0.5) is 0 Å². The number of carboxylic acid groups (broad SMARTS) is 1. The molecule has 5 heteroatoms. The van der Waals surface area contributed by atoms with Crippen LogP contribution in [0.2, 0.25) is 0 Å². The summed E-state index contributed by atoms with van der Waals surface area (Å²) in [4.78, 5) is 24.8. The number of likely N-dealkylation sites (tertiary alicyclic amines) is 1. The van der Waals surface area contributed by atoms with Gasteiger partial charge in [-0.25, -0.2) is 0 Å². The summed E-state index contributed by atoms with van der Waals surface area (Å²) in [7, 11) is 0. The number of amides is 1. The van der Waals surface area contributed by atoms with Crippen molar-refractivity contribution >= 4 is 11.9 Å². The van der Waals surface area contributed by atoms with E-state index in [1.54, 1.807) is 0 Å². The summed E-state index contributed by atoms with van der Waals surface area (Å²) in [5.74, 6) is -0.126. The second-order valence-corrected chi connectivity index (χ2v) is 5.54. The zero-order valence-electron chi connectivity index (χ0n) is 12.2. The van der Waals surface area contributed by atoms with Crippen molar-refractivity contribution in [2.75, 3.05) is 19.6 Å². The number of nitrogens with one attached hydrogen (secondary N) is 1. The SMILES string of the molecule is CCNC(=O)C(C)N1CCCC(C(C)CC(=O)O)C1. The first kappa shape index (κ1) is 16.0. The van der Waals surface area contributed by atoms with Gasteiger partial charge in [0.1, 0.15) is 0 Å². The van der Waals surface area contributed by atoms with Crippen molar-refractivity contribution in [3.05, 3.63) is 0 Å². The largest absolute Gasteiger partial charge is 0.481 e. The highest BCUT2D eigenvalue weighted by molar-refractivity contribution is 5.81. The van der Waals surface area contributed by atoms with Crippen LogP contribution in [0, 0.1) is 11.8 Å². The molecule has 2 N–H and O–H groups in total. The number of piperidine rings is 1. The van der Waals surface area contributed by atoms with Gasteiger partial charge in [0, 0.05) is 19.5 Å². The fourth-order valence-corrected chi connectivity index (χ4v) is 2.79. The first-order valence-corrected chi connectivity index (χ1v) is 7.19. The molecule has 1 saturated heterocycles. The summed E-state index contributed by atoms with van der Waals surface area (Å²) in [6, 6.07) is -0.125. The molecule has 0 aromatic carbocycles. The van der Waals surface area contributed by atoms with Crippen molar-refractivity contribution in [2.24, 2.45) is 11.8 Å². The summed E-state index contributed by atoms with van der Waals surface area (Å²) in [6.07, 6.45) is 2.32. The topological polar surface area (TPSA) is 69.6 Å². The Morgan fingerprint density at radius 1 is 1.42 bits per heavy atom. The molecule has 1 heterocycles. The lowest BCUT2D eigenvalue weighted by molar-refractivity contribution is -0.139. The zero-order chi connectivity index (χ0) is 14.4. The predicted octanol–water partition coefficient (Wildman–Crippen LogP) is 1.33. The molecule has 3 unspecified atom stereocenters. The van der Waals surface area contributed by atoms with E-state index in [2.05, 4.69) is 10.2 Å². The normalized spacial score (nSPS) is 23.6. The second kappa shape index (κ2) is 7.48. The number of rotatable bonds is 6. The Morgan fingerprint density at radius 3 is 2.68 bits per heavy atom. The van der Waals surface area contributed by atoms with E-state index < -0.39 is 5.97 Å². The van der Waals surface area contributed by atoms with Crippen LogP contribution in [0.1, 0.15) is 40.0 Å². The fourth-order valence-electron chi connectivity index (χ4n) is 2.79. The number of aliphatic carboxylic acids is 1. The summed E-state index contributed by atoms with van der Waals surface area (Å²) < 4.78 is 0. The lowest BCUT2D eigenvalue weighted by Gasteiger charge is -2.38. The highest BCUT2D eigenvalue weighted by Crippen LogP contribution is 2.27. The highest BCUT2D eigenvalue weighted by atomic mass is 16.4. The van der Waals surface area contributed by atoms with E-state index in [1.165, 1.54) is 0 Å². The standard InChI is InChI=1S/C14H26N2O3/c1-4-15-14(19)11(3)16-7-5-6-12(9-16)10(2)8-13(17)18/h10-12H,4-9H2,1-3H3,(H,15,19)(H,17,18). The van der Waals surface area contributed by atoms with Crippen LogP contribution in [0.15, 0.2) is 0 Å². The van der Waals surface area contributed by atoms with Gasteiger partial charge < -0.3 is 10.4 Å². The molecule has 0 aromatic heterocycles. The maximum absolute atomic E-state index is 11.8. The van der Waals surface area contributed by atoms with Gasteiger partial charge in [-0.1, -0.05) is 6.92 Å². The van der Waals surface area contributed by atoms with E-state index in [0.717, 1.165) is 25.9 Å². The van der Waals surface area contributed by atoms with Crippen LogP contribution in [0.25, 0.3) is 0 Å². The third-order valence-electron chi connectivity index (χ3n) is 4.07. The number of hydrogen-bond donors (Lipinski definition) is 2. The summed E-state index contributed by atoms with van der Waals surface area (Å²) >= 11 is 0. The number of nitrogens with zero attached hydrogens (tertiary/aromatic N) is 1. The van der Waals surface area contributed by atoms with Crippen molar-refractivity contribution < 1.29 is 14.7 Å². The van der Waals surface area contributed by atoms with Gasteiger partial charge >= 0.3 is 5.97 Å². The van der Waals surface area contributed by atoms with Crippen LogP contribution in [-0.2, 0) is 9.59 Å². The lowest BCUT2D eigenvalue weighted by atomic mass is 9.84. The Morgan fingerprint density at radius 2 is 2.11 bits per heavy atom. The molecule has 0 bridgehead atoms. The molecule has 1 rings (SSSR count). The minimum Gasteiger partial charge on any atom is -0.481 e. The van der Waals surface area contributed by atoms with Crippen molar-refractivity contribution in [3.8, 4) is 0 Å². The van der Waals surface area contributed by atoms with E-state index >= 15 is 0 Å². The quantitative estimate of drug-likeness (QED) is 0.764. The Hall–Kier alpha value is -1.10. The van der Waals surface area contributed by atoms with E-state index in [0.29, 0.717) is 12.5 Å². The number of likely N-dealkylation sites (N-methyl/N-ethyl adjacent to an activating group) is 1. The monoisotopic (exact) mass is 270 g/mol. The van der Waals surface area contributed by atoms with Crippen molar-refractivity contribution in [1.29, 1.82) is 0 Å². The first-order chi connectivity index (χ1) is 8.95.